The van der Waals surface area contributed by atoms with E-state index in [0.717, 1.165) is 43.7 Å². The van der Waals surface area contributed by atoms with Crippen LogP contribution < -0.4 is 10.6 Å². The summed E-state index contributed by atoms with van der Waals surface area (Å²) in [6.07, 6.45) is 5.36. The van der Waals surface area contributed by atoms with Crippen molar-refractivity contribution in [3.63, 3.8) is 0 Å². The second-order valence-corrected chi connectivity index (χ2v) is 7.31. The number of nitrogens with one attached hydrogen (secondary N) is 2. The first-order valence-corrected chi connectivity index (χ1v) is 9.57. The molecule has 2 aromatic rings. The van der Waals surface area contributed by atoms with Crippen molar-refractivity contribution in [1.29, 1.82) is 0 Å². The third-order valence-corrected chi connectivity index (χ3v) is 5.11. The minimum absolute atomic E-state index is 0.0335. The molecule has 2 N–H and O–H groups in total. The van der Waals surface area contributed by atoms with Gasteiger partial charge in [0.25, 0.3) is 0 Å². The van der Waals surface area contributed by atoms with E-state index in [0.29, 0.717) is 12.2 Å². The molecule has 1 unspecified atom stereocenters. The number of piperidine rings is 1. The Bertz CT molecular complexity index is 803. The Morgan fingerprint density at radius 2 is 1.78 bits per heavy atom. The monoisotopic (exact) mass is 364 g/mol. The second kappa shape index (κ2) is 7.78. The van der Waals surface area contributed by atoms with Crippen molar-refractivity contribution >= 4 is 29.0 Å². The van der Waals surface area contributed by atoms with Crippen LogP contribution >= 0.6 is 0 Å². The summed E-state index contributed by atoms with van der Waals surface area (Å²) in [5.74, 6) is 0.974. The Kier molecular flexibility index (Phi) is 5.05. The average molecular weight is 364 g/mol. The molecule has 2 amide bonds. The molecular formula is C21H24N4O2. The number of hydrogen-bond donors (Lipinski definition) is 2. The number of carbonyl (C=O) groups is 2. The molecule has 0 bridgehead atoms. The molecule has 1 atom stereocenters. The van der Waals surface area contributed by atoms with Crippen LogP contribution in [0.3, 0.4) is 0 Å². The van der Waals surface area contributed by atoms with Gasteiger partial charge in [-0.2, -0.15) is 0 Å². The summed E-state index contributed by atoms with van der Waals surface area (Å²) in [4.78, 5) is 31.1. The van der Waals surface area contributed by atoms with Crippen LogP contribution in [0.15, 0.2) is 48.7 Å². The molecule has 6 nitrogen and oxygen atoms in total. The maximum Gasteiger partial charge on any atom is 0.229 e. The average Bonchev–Trinajstić information content (AvgIpc) is 3.55. The lowest BCUT2D eigenvalue weighted by atomic mass is 9.96. The molecule has 1 aromatic heterocycles. The Balaban J connectivity index is 1.32. The molecule has 1 aliphatic heterocycles. The van der Waals surface area contributed by atoms with Crippen LogP contribution in [0.2, 0.25) is 0 Å². The number of aromatic nitrogens is 1. The number of anilines is 3. The van der Waals surface area contributed by atoms with Crippen molar-refractivity contribution in [1.82, 2.24) is 9.88 Å². The van der Waals surface area contributed by atoms with E-state index in [4.69, 9.17) is 0 Å². The molecule has 1 aliphatic carbocycles. The van der Waals surface area contributed by atoms with Crippen LogP contribution in [0.4, 0.5) is 17.2 Å². The Morgan fingerprint density at radius 1 is 0.963 bits per heavy atom. The summed E-state index contributed by atoms with van der Waals surface area (Å²) < 4.78 is 0. The first kappa shape index (κ1) is 17.5. The number of amides is 2. The van der Waals surface area contributed by atoms with Gasteiger partial charge in [0.2, 0.25) is 11.8 Å². The van der Waals surface area contributed by atoms with E-state index in [-0.39, 0.29) is 23.7 Å². The van der Waals surface area contributed by atoms with Gasteiger partial charge in [-0.25, -0.2) is 4.98 Å². The minimum atomic E-state index is -0.149. The van der Waals surface area contributed by atoms with E-state index >= 15 is 0 Å². The molecule has 1 saturated carbocycles. The Labute approximate surface area is 159 Å². The molecule has 1 saturated heterocycles. The molecule has 27 heavy (non-hydrogen) atoms. The fourth-order valence-electron chi connectivity index (χ4n) is 3.44. The van der Waals surface area contributed by atoms with Crippen molar-refractivity contribution in [2.45, 2.75) is 25.7 Å². The maximum atomic E-state index is 12.6. The van der Waals surface area contributed by atoms with Crippen LogP contribution in [0, 0.1) is 11.8 Å². The van der Waals surface area contributed by atoms with Gasteiger partial charge in [-0.15, -0.1) is 0 Å². The molecule has 0 spiro atoms. The van der Waals surface area contributed by atoms with E-state index in [2.05, 4.69) is 15.6 Å². The summed E-state index contributed by atoms with van der Waals surface area (Å²) >= 11 is 0. The third kappa shape index (κ3) is 4.45. The van der Waals surface area contributed by atoms with Crippen molar-refractivity contribution < 1.29 is 9.59 Å². The van der Waals surface area contributed by atoms with Gasteiger partial charge in [0.1, 0.15) is 5.82 Å². The van der Waals surface area contributed by atoms with Gasteiger partial charge >= 0.3 is 0 Å². The van der Waals surface area contributed by atoms with Crippen LogP contribution in [-0.4, -0.2) is 34.8 Å². The summed E-state index contributed by atoms with van der Waals surface area (Å²) in [5.41, 5.74) is 1.63. The molecule has 4 rings (SSSR count). The molecule has 1 aromatic carbocycles. The smallest absolute Gasteiger partial charge is 0.229 e. The SMILES string of the molecule is O=C(Nc1ccc(Nc2ccccc2)nc1)C1CCCN(C(=O)C2CC2)C1. The van der Waals surface area contributed by atoms with Gasteiger partial charge < -0.3 is 15.5 Å². The van der Waals surface area contributed by atoms with E-state index in [1.807, 2.05) is 47.4 Å². The fourth-order valence-corrected chi connectivity index (χ4v) is 3.44. The molecule has 2 heterocycles. The largest absolute Gasteiger partial charge is 0.342 e. The van der Waals surface area contributed by atoms with Crippen molar-refractivity contribution in [2.75, 3.05) is 23.7 Å². The lowest BCUT2D eigenvalue weighted by molar-refractivity contribution is -0.135. The van der Waals surface area contributed by atoms with E-state index in [9.17, 15) is 9.59 Å². The summed E-state index contributed by atoms with van der Waals surface area (Å²) in [5, 5.41) is 6.15. The molecule has 0 radical (unpaired) electrons. The number of likely N-dealkylation sites (tertiary alicyclic amines) is 1. The Morgan fingerprint density at radius 3 is 2.48 bits per heavy atom. The summed E-state index contributed by atoms with van der Waals surface area (Å²) in [7, 11) is 0. The molecular weight excluding hydrogens is 340 g/mol. The molecule has 6 heteroatoms. The quantitative estimate of drug-likeness (QED) is 0.853. The predicted molar refractivity (Wildman–Crippen MR) is 105 cm³/mol. The minimum Gasteiger partial charge on any atom is -0.342 e. The number of carbonyl (C=O) groups excluding carboxylic acids is 2. The molecule has 2 fully saturated rings. The second-order valence-electron chi connectivity index (χ2n) is 7.31. The van der Waals surface area contributed by atoms with Gasteiger partial charge in [-0.05, 0) is 49.9 Å². The zero-order chi connectivity index (χ0) is 18.6. The maximum absolute atomic E-state index is 12.6. The number of hydrogen-bond acceptors (Lipinski definition) is 4. The number of nitrogens with zero attached hydrogens (tertiary/aromatic N) is 2. The fraction of sp³-hybridized carbons (Fsp3) is 0.381. The summed E-state index contributed by atoms with van der Waals surface area (Å²) in [6, 6.07) is 13.5. The van der Waals surface area contributed by atoms with Crippen LogP contribution in [0.1, 0.15) is 25.7 Å². The van der Waals surface area contributed by atoms with Gasteiger partial charge in [0.05, 0.1) is 17.8 Å². The number of para-hydroxylation sites is 1. The lowest BCUT2D eigenvalue weighted by Crippen LogP contribution is -2.44. The zero-order valence-corrected chi connectivity index (χ0v) is 15.2. The van der Waals surface area contributed by atoms with Crippen LogP contribution in [-0.2, 0) is 9.59 Å². The van der Waals surface area contributed by atoms with E-state index < -0.39 is 0 Å². The van der Waals surface area contributed by atoms with Gasteiger partial charge in [-0.1, -0.05) is 18.2 Å². The van der Waals surface area contributed by atoms with Gasteiger partial charge in [0.15, 0.2) is 0 Å². The van der Waals surface area contributed by atoms with Crippen molar-refractivity contribution in [3.8, 4) is 0 Å². The number of pyridine rings is 1. The van der Waals surface area contributed by atoms with Gasteiger partial charge in [-0.3, -0.25) is 9.59 Å². The van der Waals surface area contributed by atoms with Crippen molar-refractivity contribution in [3.05, 3.63) is 48.7 Å². The molecule has 140 valence electrons. The van der Waals surface area contributed by atoms with E-state index in [1.54, 1.807) is 6.20 Å². The highest BCUT2D eigenvalue weighted by atomic mass is 16.2. The first-order valence-electron chi connectivity index (χ1n) is 9.57. The topological polar surface area (TPSA) is 74.3 Å². The highest BCUT2D eigenvalue weighted by Crippen LogP contribution is 2.32. The third-order valence-electron chi connectivity index (χ3n) is 5.11. The molecule has 2 aliphatic rings. The van der Waals surface area contributed by atoms with E-state index in [1.165, 1.54) is 0 Å². The number of benzene rings is 1. The first-order chi connectivity index (χ1) is 13.2. The predicted octanol–water partition coefficient (Wildman–Crippen LogP) is 3.41. The highest BCUT2D eigenvalue weighted by molar-refractivity contribution is 5.93. The van der Waals surface area contributed by atoms with Gasteiger partial charge in [0, 0.05) is 24.7 Å². The standard InChI is InChI=1S/C21H24N4O2/c26-20(16-5-4-12-25(14-16)21(27)15-8-9-15)24-18-10-11-19(22-13-18)23-17-6-2-1-3-7-17/h1-3,6-7,10-11,13,15-16H,4-5,8-9,12,14H2,(H,22,23)(H,24,26). The van der Waals surface area contributed by atoms with Crippen molar-refractivity contribution in [2.24, 2.45) is 11.8 Å². The lowest BCUT2D eigenvalue weighted by Gasteiger charge is -2.32. The van der Waals surface area contributed by atoms with Crippen LogP contribution in [0.25, 0.3) is 0 Å². The van der Waals surface area contributed by atoms with Crippen LogP contribution in [0.5, 0.6) is 0 Å². The normalized spacial score (nSPS) is 19.4. The number of rotatable bonds is 5. The summed E-state index contributed by atoms with van der Waals surface area (Å²) in [6.45, 7) is 1.31. The Hall–Kier alpha value is -2.89. The highest BCUT2D eigenvalue weighted by Gasteiger charge is 2.36. The zero-order valence-electron chi connectivity index (χ0n) is 15.2.